The molecule has 356 valence electrons. The van der Waals surface area contributed by atoms with Gasteiger partial charge >= 0.3 is 11.9 Å². The van der Waals surface area contributed by atoms with Crippen LogP contribution in [-0.4, -0.2) is 73.7 Å². The average Bonchev–Trinajstić information content (AvgIpc) is 3.33. The number of phenols is 1. The number of esters is 2. The van der Waals surface area contributed by atoms with E-state index in [1.165, 1.54) is 6.08 Å². The Labute approximate surface area is 398 Å². The lowest BCUT2D eigenvalue weighted by molar-refractivity contribution is -0.228. The van der Waals surface area contributed by atoms with E-state index in [0.29, 0.717) is 59.2 Å². The molecule has 3 aliphatic heterocycles. The first-order valence-corrected chi connectivity index (χ1v) is 24.9. The first kappa shape index (κ1) is 46.2. The SMILES string of the molecule is C[C@H](O)CNc1cc(CO)cc([C@H]2C#C[C@@H]3CC(=O)Oc4c3cc(c(O)c4[C@@H]3C=CC=CC3)C[C@H]3OC(=O)/C(=C\[C@H](O)Cc4cccc(c4)C[C@@H]4C(=O)CC[C@@H]5[C@@H]4C[C@@H]4CCCC[C@H]4[C@]53O)C2)c1. The van der Waals surface area contributed by atoms with E-state index in [2.05, 4.69) is 17.2 Å². The lowest BCUT2D eigenvalue weighted by Gasteiger charge is -2.59. The highest BCUT2D eigenvalue weighted by Gasteiger charge is 2.62. The molecule has 68 heavy (non-hydrogen) atoms. The zero-order valence-electron chi connectivity index (χ0n) is 38.7. The van der Waals surface area contributed by atoms with Crippen LogP contribution < -0.4 is 10.1 Å². The van der Waals surface area contributed by atoms with Gasteiger partial charge in [0.15, 0.2) is 0 Å². The molecule has 7 aliphatic rings. The summed E-state index contributed by atoms with van der Waals surface area (Å²) in [4.78, 5) is 43.4. The number of phenolic OH excluding ortho intramolecular Hbond substituents is 1. The largest absolute Gasteiger partial charge is 0.507 e. The molecule has 0 spiro atoms. The van der Waals surface area contributed by atoms with Gasteiger partial charge in [-0.25, -0.2) is 4.79 Å². The number of aliphatic hydroxyl groups is 4. The van der Waals surface area contributed by atoms with E-state index >= 15 is 4.79 Å². The van der Waals surface area contributed by atoms with Crippen molar-refractivity contribution in [1.82, 2.24) is 0 Å². The maximum absolute atomic E-state index is 15.5. The summed E-state index contributed by atoms with van der Waals surface area (Å²) in [5, 5.41) is 62.7. The monoisotopic (exact) mass is 921 g/mol. The number of aromatic hydroxyl groups is 1. The molecular weight excluding hydrogens is 859 g/mol. The summed E-state index contributed by atoms with van der Waals surface area (Å²) in [5.41, 5.74) is 3.73. The average molecular weight is 922 g/mol. The van der Waals surface area contributed by atoms with Gasteiger partial charge in [0.1, 0.15) is 29.0 Å². The number of carbonyl (C=O) groups excluding carboxylic acids is 3. The second kappa shape index (κ2) is 19.1. The molecule has 4 aliphatic carbocycles. The molecular formula is C57H63NO10. The lowest BCUT2D eigenvalue weighted by Crippen LogP contribution is -2.65. The van der Waals surface area contributed by atoms with Crippen molar-refractivity contribution in [2.45, 2.75) is 139 Å². The molecule has 3 aromatic carbocycles. The summed E-state index contributed by atoms with van der Waals surface area (Å²) >= 11 is 0. The van der Waals surface area contributed by atoms with Gasteiger partial charge in [0.25, 0.3) is 0 Å². The first-order valence-electron chi connectivity index (χ1n) is 24.9. The standard InChI is InChI=1S/C57H63NO10/c1-32(60)30-58-43-20-35(31-59)19-40(24-43)37-14-15-38-29-52(63)68-55-45(38)27-41(54(64)53(55)36-10-3-2-4-11-36)28-51-57(66)48-13-6-5-12-39(48)26-46-47(50(62)17-16-49(46)57)22-34-9-7-8-33(18-34)21-44(61)25-42(23-37)56(65)67-51/h2-4,7-10,18-20,24-25,27,32,36-39,44,46-49,51,58-61,64,66H,5-6,11-13,16-17,21-23,26,28-31H2,1H3/b42-25-/t32-,36+,37-,38+,39-,44+,46+,47-,48+,49+,51+,57-/m0/s1. The third kappa shape index (κ3) is 8.97. The first-order chi connectivity index (χ1) is 32.9. The van der Waals surface area contributed by atoms with Crippen molar-refractivity contribution in [3.8, 4) is 23.3 Å². The Morgan fingerprint density at radius 1 is 0.912 bits per heavy atom. The van der Waals surface area contributed by atoms with Crippen LogP contribution in [-0.2, 0) is 45.0 Å². The smallest absolute Gasteiger partial charge is 0.334 e. The lowest BCUT2D eigenvalue weighted by atomic mass is 9.48. The van der Waals surface area contributed by atoms with Crippen molar-refractivity contribution >= 4 is 23.4 Å². The predicted octanol–water partition coefficient (Wildman–Crippen LogP) is 7.55. The fraction of sp³-hybridized carbons (Fsp3) is 0.491. The Kier molecular flexibility index (Phi) is 13.0. The normalized spacial score (nSPS) is 33.2. The van der Waals surface area contributed by atoms with E-state index in [0.717, 1.165) is 43.2 Å². The van der Waals surface area contributed by atoms with Crippen molar-refractivity contribution in [2.24, 2.45) is 29.6 Å². The number of ether oxygens (including phenoxy) is 2. The summed E-state index contributed by atoms with van der Waals surface area (Å²) in [6.07, 6.45) is 12.4. The minimum atomic E-state index is -1.60. The molecule has 6 N–H and O–H groups in total. The molecule has 0 amide bonds. The molecule has 10 bridgehead atoms. The zero-order valence-corrected chi connectivity index (χ0v) is 38.7. The van der Waals surface area contributed by atoms with Gasteiger partial charge in [0.05, 0.1) is 31.2 Å². The summed E-state index contributed by atoms with van der Waals surface area (Å²) in [6.45, 7) is 1.61. The molecule has 0 aromatic heterocycles. The highest BCUT2D eigenvalue weighted by molar-refractivity contribution is 5.89. The van der Waals surface area contributed by atoms with Crippen LogP contribution in [0.2, 0.25) is 0 Å². The van der Waals surface area contributed by atoms with Gasteiger partial charge < -0.3 is 40.3 Å². The fourth-order valence-corrected chi connectivity index (χ4v) is 13.2. The minimum Gasteiger partial charge on any atom is -0.507 e. The van der Waals surface area contributed by atoms with E-state index in [1.54, 1.807) is 13.0 Å². The van der Waals surface area contributed by atoms with E-state index < -0.39 is 53.6 Å². The Balaban J connectivity index is 1.22. The number of carbonyl (C=O) groups is 3. The molecule has 3 aromatic rings. The van der Waals surface area contributed by atoms with Crippen molar-refractivity contribution in [2.75, 3.05) is 11.9 Å². The molecule has 3 fully saturated rings. The Morgan fingerprint density at radius 3 is 2.51 bits per heavy atom. The van der Waals surface area contributed by atoms with Crippen LogP contribution in [0, 0.1) is 41.4 Å². The van der Waals surface area contributed by atoms with E-state index in [-0.39, 0.29) is 91.3 Å². The van der Waals surface area contributed by atoms with Gasteiger partial charge in [-0.2, -0.15) is 0 Å². The van der Waals surface area contributed by atoms with Gasteiger partial charge in [0, 0.05) is 65.9 Å². The highest BCUT2D eigenvalue weighted by atomic mass is 16.6. The van der Waals surface area contributed by atoms with Crippen LogP contribution in [0.25, 0.3) is 0 Å². The van der Waals surface area contributed by atoms with Gasteiger partial charge in [0.2, 0.25) is 0 Å². The van der Waals surface area contributed by atoms with E-state index in [9.17, 15) is 35.1 Å². The summed E-state index contributed by atoms with van der Waals surface area (Å²) < 4.78 is 13.0. The van der Waals surface area contributed by atoms with Gasteiger partial charge in [-0.15, -0.1) is 0 Å². The maximum atomic E-state index is 15.5. The number of rotatable bonds is 6. The molecule has 10 rings (SSSR count). The number of hydrogen-bond acceptors (Lipinski definition) is 11. The minimum absolute atomic E-state index is 0.0369. The fourth-order valence-electron chi connectivity index (χ4n) is 13.2. The predicted molar refractivity (Wildman–Crippen MR) is 256 cm³/mol. The van der Waals surface area contributed by atoms with Gasteiger partial charge in [-0.05, 0) is 121 Å². The van der Waals surface area contributed by atoms with Crippen LogP contribution in [0.5, 0.6) is 11.5 Å². The van der Waals surface area contributed by atoms with Gasteiger partial charge in [-0.1, -0.05) is 85.7 Å². The third-order valence-corrected chi connectivity index (χ3v) is 16.3. The van der Waals surface area contributed by atoms with Crippen molar-refractivity contribution in [1.29, 1.82) is 0 Å². The summed E-state index contributed by atoms with van der Waals surface area (Å²) in [7, 11) is 0. The molecule has 0 radical (unpaired) electrons. The van der Waals surface area contributed by atoms with Crippen LogP contribution in [0.15, 0.2) is 84.5 Å². The van der Waals surface area contributed by atoms with Gasteiger partial charge in [-0.3, -0.25) is 9.59 Å². The number of Topliss-reactive ketones (excluding diaryl/α,β-unsaturated/α-hetero) is 1. The number of allylic oxidation sites excluding steroid dienone is 4. The number of benzene rings is 3. The molecule has 0 unspecified atom stereocenters. The highest BCUT2D eigenvalue weighted by Crippen LogP contribution is 2.59. The number of aliphatic hydroxyl groups excluding tert-OH is 3. The molecule has 12 atom stereocenters. The number of fused-ring (bicyclic) bond motifs is 9. The third-order valence-electron chi connectivity index (χ3n) is 16.3. The molecule has 3 heterocycles. The second-order valence-electron chi connectivity index (χ2n) is 20.7. The quantitative estimate of drug-likeness (QED) is 0.0816. The van der Waals surface area contributed by atoms with E-state index in [1.807, 2.05) is 66.8 Å². The topological polar surface area (TPSA) is 183 Å². The molecule has 0 saturated heterocycles. The molecule has 11 nitrogen and oxygen atoms in total. The number of hydrogen-bond donors (Lipinski definition) is 6. The van der Waals surface area contributed by atoms with Crippen molar-refractivity contribution < 1.29 is 49.4 Å². The zero-order chi connectivity index (χ0) is 47.3. The second-order valence-corrected chi connectivity index (χ2v) is 20.7. The number of anilines is 1. The molecule has 11 heteroatoms. The molecule has 3 saturated carbocycles. The number of ketones is 1. The van der Waals surface area contributed by atoms with Crippen LogP contribution in [0.1, 0.15) is 128 Å². The Morgan fingerprint density at radius 2 is 1.72 bits per heavy atom. The maximum Gasteiger partial charge on any atom is 0.334 e. The van der Waals surface area contributed by atoms with Crippen LogP contribution >= 0.6 is 0 Å². The van der Waals surface area contributed by atoms with E-state index in [4.69, 9.17) is 9.47 Å². The Bertz CT molecular complexity index is 2630. The van der Waals surface area contributed by atoms with Crippen LogP contribution in [0.3, 0.4) is 0 Å². The van der Waals surface area contributed by atoms with Crippen LogP contribution in [0.4, 0.5) is 5.69 Å². The van der Waals surface area contributed by atoms with Crippen molar-refractivity contribution in [3.05, 3.63) is 123 Å². The summed E-state index contributed by atoms with van der Waals surface area (Å²) in [6, 6.07) is 15.3. The number of nitrogens with one attached hydrogen (secondary N) is 1. The van der Waals surface area contributed by atoms with Crippen molar-refractivity contribution in [3.63, 3.8) is 0 Å². The summed E-state index contributed by atoms with van der Waals surface area (Å²) in [5.74, 6) is 3.13. The Hall–Kier alpha value is -5.51.